The van der Waals surface area contributed by atoms with Crippen LogP contribution in [0.4, 0.5) is 4.79 Å². The second-order valence-electron chi connectivity index (χ2n) is 8.11. The van der Waals surface area contributed by atoms with Gasteiger partial charge in [0.2, 0.25) is 6.26 Å². The molecular formula is C18H29N2O3+. The van der Waals surface area contributed by atoms with Gasteiger partial charge in [-0.25, -0.2) is 4.79 Å². The van der Waals surface area contributed by atoms with Crippen LogP contribution < -0.4 is 5.73 Å². The molecule has 1 amide bonds. The van der Waals surface area contributed by atoms with Crippen molar-refractivity contribution in [2.75, 3.05) is 6.54 Å². The molecule has 2 atom stereocenters. The molecule has 0 bridgehead atoms. The van der Waals surface area contributed by atoms with Crippen LogP contribution in [0.25, 0.3) is 0 Å². The Kier molecular flexibility index (Phi) is 5.02. The molecule has 128 valence electrons. The van der Waals surface area contributed by atoms with Gasteiger partial charge in [-0.3, -0.25) is 4.74 Å². The Morgan fingerprint density at radius 3 is 2.83 bits per heavy atom. The Labute approximate surface area is 139 Å². The van der Waals surface area contributed by atoms with E-state index in [0.717, 1.165) is 31.6 Å². The number of nitrogens with zero attached hydrogens (tertiary/aromatic N) is 1. The molecule has 1 saturated heterocycles. The van der Waals surface area contributed by atoms with Gasteiger partial charge in [-0.1, -0.05) is 0 Å². The first-order chi connectivity index (χ1) is 10.6. The van der Waals surface area contributed by atoms with Gasteiger partial charge in [-0.2, -0.15) is 0 Å². The number of carbonyl (C=O) groups is 1. The van der Waals surface area contributed by atoms with Crippen molar-refractivity contribution < 1.29 is 14.3 Å². The molecule has 0 radical (unpaired) electrons. The van der Waals surface area contributed by atoms with Gasteiger partial charge in [-0.05, 0) is 59.8 Å². The van der Waals surface area contributed by atoms with Crippen molar-refractivity contribution >= 4 is 6.09 Å². The smallest absolute Gasteiger partial charge is 0.410 e. The van der Waals surface area contributed by atoms with E-state index >= 15 is 0 Å². The van der Waals surface area contributed by atoms with E-state index in [2.05, 4.69) is 20.1 Å². The summed E-state index contributed by atoms with van der Waals surface area (Å²) >= 11 is 0. The highest BCUT2D eigenvalue weighted by Crippen LogP contribution is 2.36. The number of ether oxygens (including phenoxy) is 2. The molecule has 1 fully saturated rings. The van der Waals surface area contributed by atoms with Crippen molar-refractivity contribution in [3.8, 4) is 0 Å². The number of amides is 1. The standard InChI is InChI=1S/C18H29N2O3/c1-17(2,3)23-16(21)20-12-13(11-18(20,4)5)8-9-14(19)15-7-6-10-22-15/h6-7,13-14H,8-9,11-12,19H2,1-5H3/q+1/t13-,14?/m0/s1. The minimum atomic E-state index is -0.469. The first kappa shape index (κ1) is 17.8. The molecular weight excluding hydrogens is 292 g/mol. The average molecular weight is 321 g/mol. The van der Waals surface area contributed by atoms with E-state index in [-0.39, 0.29) is 17.7 Å². The molecule has 0 saturated carbocycles. The first-order valence-electron chi connectivity index (χ1n) is 8.30. The van der Waals surface area contributed by atoms with Crippen LogP contribution in [0.3, 0.4) is 0 Å². The second kappa shape index (κ2) is 6.50. The number of hydrogen-bond donors (Lipinski definition) is 1. The summed E-state index contributed by atoms with van der Waals surface area (Å²) in [4.78, 5) is 14.3. The molecule has 23 heavy (non-hydrogen) atoms. The molecule has 5 nitrogen and oxygen atoms in total. The molecule has 2 aliphatic heterocycles. The Hall–Kier alpha value is -1.58. The maximum Gasteiger partial charge on any atom is 0.410 e. The Morgan fingerprint density at radius 1 is 1.57 bits per heavy atom. The summed E-state index contributed by atoms with van der Waals surface area (Å²) in [6.07, 6.45) is 8.80. The number of likely N-dealkylation sites (tertiary alicyclic amines) is 1. The van der Waals surface area contributed by atoms with Crippen molar-refractivity contribution in [1.82, 2.24) is 4.90 Å². The van der Waals surface area contributed by atoms with Crippen molar-refractivity contribution in [1.29, 1.82) is 0 Å². The first-order valence-corrected chi connectivity index (χ1v) is 8.30. The number of hydrogen-bond acceptors (Lipinski definition) is 4. The summed E-state index contributed by atoms with van der Waals surface area (Å²) in [7, 11) is 0. The molecule has 0 spiro atoms. The van der Waals surface area contributed by atoms with E-state index in [1.54, 1.807) is 6.08 Å². The zero-order valence-electron chi connectivity index (χ0n) is 14.9. The van der Waals surface area contributed by atoms with Crippen LogP contribution >= 0.6 is 0 Å². The zero-order valence-corrected chi connectivity index (χ0v) is 14.9. The molecule has 2 heterocycles. The van der Waals surface area contributed by atoms with Crippen LogP contribution in [0.1, 0.15) is 53.9 Å². The third-order valence-electron chi connectivity index (χ3n) is 4.32. The molecule has 0 aromatic heterocycles. The van der Waals surface area contributed by atoms with Gasteiger partial charge in [-0.15, -0.1) is 0 Å². The molecule has 0 aromatic rings. The van der Waals surface area contributed by atoms with Gasteiger partial charge in [0, 0.05) is 12.1 Å². The second-order valence-corrected chi connectivity index (χ2v) is 8.11. The van der Waals surface area contributed by atoms with Crippen molar-refractivity contribution in [3.63, 3.8) is 0 Å². The minimum Gasteiger partial charge on any atom is -0.444 e. The van der Waals surface area contributed by atoms with E-state index in [1.165, 1.54) is 0 Å². The highest BCUT2D eigenvalue weighted by molar-refractivity contribution is 5.69. The highest BCUT2D eigenvalue weighted by Gasteiger charge is 2.43. The lowest BCUT2D eigenvalue weighted by Gasteiger charge is -2.33. The largest absolute Gasteiger partial charge is 0.444 e. The fourth-order valence-corrected chi connectivity index (χ4v) is 3.23. The van der Waals surface area contributed by atoms with Crippen LogP contribution in [0.15, 0.2) is 17.9 Å². The van der Waals surface area contributed by atoms with Gasteiger partial charge in [0.25, 0.3) is 5.76 Å². The average Bonchev–Trinajstić information content (AvgIpc) is 3.01. The fourth-order valence-electron chi connectivity index (χ4n) is 3.23. The molecule has 1 unspecified atom stereocenters. The molecule has 5 heteroatoms. The topological polar surface area (TPSA) is 64.8 Å². The summed E-state index contributed by atoms with van der Waals surface area (Å²) in [5, 5.41) is 0. The van der Waals surface area contributed by atoms with Crippen molar-refractivity contribution in [3.05, 3.63) is 24.2 Å². The third-order valence-corrected chi connectivity index (χ3v) is 4.32. The molecule has 0 aliphatic carbocycles. The lowest BCUT2D eigenvalue weighted by Crippen LogP contribution is -2.45. The van der Waals surface area contributed by atoms with E-state index in [1.807, 2.05) is 31.7 Å². The van der Waals surface area contributed by atoms with Crippen LogP contribution in [0.5, 0.6) is 0 Å². The number of allylic oxidation sites excluding steroid dienone is 2. The minimum absolute atomic E-state index is 0.111. The van der Waals surface area contributed by atoms with Gasteiger partial charge < -0.3 is 15.4 Å². The predicted molar refractivity (Wildman–Crippen MR) is 89.3 cm³/mol. The van der Waals surface area contributed by atoms with E-state index in [9.17, 15) is 4.79 Å². The molecule has 2 N–H and O–H groups in total. The van der Waals surface area contributed by atoms with E-state index < -0.39 is 5.60 Å². The molecule has 2 rings (SSSR count). The maximum absolute atomic E-state index is 12.4. The number of carbonyl (C=O) groups excluding carboxylic acids is 1. The number of nitrogens with two attached hydrogens (primary N) is 1. The lowest BCUT2D eigenvalue weighted by molar-refractivity contribution is 0.0131. The van der Waals surface area contributed by atoms with Crippen LogP contribution in [0.2, 0.25) is 0 Å². The summed E-state index contributed by atoms with van der Waals surface area (Å²) in [6.45, 7) is 10.6. The Bertz CT molecular complexity index is 503. The van der Waals surface area contributed by atoms with Crippen LogP contribution in [-0.4, -0.2) is 34.7 Å². The Morgan fingerprint density at radius 2 is 2.26 bits per heavy atom. The quantitative estimate of drug-likeness (QED) is 0.806. The zero-order chi connectivity index (χ0) is 17.3. The van der Waals surface area contributed by atoms with Gasteiger partial charge in [0.1, 0.15) is 17.7 Å². The molecule has 2 aliphatic rings. The normalized spacial score (nSPS) is 24.0. The SMILES string of the molecule is CC(C)(C)OC(=O)N1C[C@@H](CCC(N)C2=CC=[C+]O2)CC1(C)C. The monoisotopic (exact) mass is 321 g/mol. The van der Waals surface area contributed by atoms with Crippen molar-refractivity contribution in [2.45, 2.75) is 71.1 Å². The summed E-state index contributed by atoms with van der Waals surface area (Å²) in [6, 6.07) is -0.111. The Balaban J connectivity index is 1.87. The summed E-state index contributed by atoms with van der Waals surface area (Å²) in [5.41, 5.74) is 5.49. The van der Waals surface area contributed by atoms with Crippen LogP contribution in [0, 0.1) is 12.2 Å². The predicted octanol–water partition coefficient (Wildman–Crippen LogP) is 3.36. The van der Waals surface area contributed by atoms with Crippen molar-refractivity contribution in [2.24, 2.45) is 11.7 Å². The third kappa shape index (κ3) is 4.69. The highest BCUT2D eigenvalue weighted by atomic mass is 16.6. The van der Waals surface area contributed by atoms with E-state index in [4.69, 9.17) is 15.2 Å². The van der Waals surface area contributed by atoms with Gasteiger partial charge in [0.15, 0.2) is 6.08 Å². The van der Waals surface area contributed by atoms with E-state index in [0.29, 0.717) is 5.92 Å². The summed E-state index contributed by atoms with van der Waals surface area (Å²) in [5.74, 6) is 1.20. The molecule has 0 aromatic carbocycles. The fraction of sp³-hybridized carbons (Fsp3) is 0.722. The van der Waals surface area contributed by atoms with Crippen LogP contribution in [-0.2, 0) is 9.47 Å². The van der Waals surface area contributed by atoms with Gasteiger partial charge >= 0.3 is 6.09 Å². The number of rotatable bonds is 4. The van der Waals surface area contributed by atoms with Gasteiger partial charge in [0.05, 0.1) is 0 Å². The maximum atomic E-state index is 12.4. The lowest BCUT2D eigenvalue weighted by atomic mass is 9.92. The summed E-state index contributed by atoms with van der Waals surface area (Å²) < 4.78 is 10.8.